The fraction of sp³-hybridized carbons (Fsp3) is 0.355. The zero-order valence-corrected chi connectivity index (χ0v) is 23.9. The molecule has 41 heavy (non-hydrogen) atoms. The number of nitrogens with zero attached hydrogens (tertiary/aromatic N) is 7. The lowest BCUT2D eigenvalue weighted by Gasteiger charge is -2.32. The first-order valence-electron chi connectivity index (χ1n) is 13.8. The van der Waals surface area contributed by atoms with Crippen molar-refractivity contribution in [3.05, 3.63) is 78.7 Å². The normalized spacial score (nSPS) is 18.8. The van der Waals surface area contributed by atoms with E-state index in [4.69, 9.17) is 19.2 Å². The predicted octanol–water partition coefficient (Wildman–Crippen LogP) is 4.60. The van der Waals surface area contributed by atoms with Crippen molar-refractivity contribution in [1.29, 1.82) is 0 Å². The predicted molar refractivity (Wildman–Crippen MR) is 159 cm³/mol. The van der Waals surface area contributed by atoms with Crippen LogP contribution in [0.1, 0.15) is 12.8 Å². The second-order valence-corrected chi connectivity index (χ2v) is 10.5. The number of fused-ring (bicyclic) bond motifs is 1. The Morgan fingerprint density at radius 3 is 2.71 bits per heavy atom. The van der Waals surface area contributed by atoms with Gasteiger partial charge in [-0.15, -0.1) is 0 Å². The summed E-state index contributed by atoms with van der Waals surface area (Å²) in [5.74, 6) is 2.57. The van der Waals surface area contributed by atoms with E-state index >= 15 is 0 Å². The summed E-state index contributed by atoms with van der Waals surface area (Å²) in [5.41, 5.74) is 5.18. The Labute approximate surface area is 239 Å². The van der Waals surface area contributed by atoms with E-state index in [0.717, 1.165) is 65.2 Å². The van der Waals surface area contributed by atoms with Crippen LogP contribution >= 0.6 is 0 Å². The largest absolute Gasteiger partial charge is 0.501 e. The second kappa shape index (κ2) is 11.6. The molecule has 2 unspecified atom stereocenters. The van der Waals surface area contributed by atoms with E-state index in [-0.39, 0.29) is 6.10 Å². The minimum Gasteiger partial charge on any atom is -0.501 e. The number of rotatable bonds is 9. The molecule has 2 atom stereocenters. The maximum Gasteiger partial charge on any atom is 0.228 e. The highest BCUT2D eigenvalue weighted by molar-refractivity contribution is 5.86. The average Bonchev–Trinajstić information content (AvgIpc) is 3.68. The van der Waals surface area contributed by atoms with Crippen LogP contribution in [-0.2, 0) is 16.5 Å². The van der Waals surface area contributed by atoms with E-state index < -0.39 is 0 Å². The lowest BCUT2D eigenvalue weighted by atomic mass is 10.0. The van der Waals surface area contributed by atoms with Gasteiger partial charge >= 0.3 is 0 Å². The molecule has 1 fully saturated rings. The Morgan fingerprint density at radius 1 is 1.02 bits per heavy atom. The number of pyridine rings is 1. The molecule has 0 spiro atoms. The van der Waals surface area contributed by atoms with E-state index in [0.29, 0.717) is 24.2 Å². The van der Waals surface area contributed by atoms with Crippen LogP contribution in [0.2, 0.25) is 0 Å². The molecule has 4 heterocycles. The van der Waals surface area contributed by atoms with E-state index in [2.05, 4.69) is 61.3 Å². The second-order valence-electron chi connectivity index (χ2n) is 10.5. The SMILES string of the molecule is COC1=CC(N(CC2CCN(c3nccc(OC)n3)C2)c2ccc3ncc(-c4cnn(C)c4)cc3c2)=CC(OC)C1. The number of allylic oxidation sites excluding steroid dienone is 1. The molecule has 10 nitrogen and oxygen atoms in total. The van der Waals surface area contributed by atoms with Gasteiger partial charge in [0.05, 0.1) is 32.0 Å². The van der Waals surface area contributed by atoms with Gasteiger partial charge in [0, 0.05) is 92.8 Å². The third-order valence-electron chi connectivity index (χ3n) is 7.80. The maximum atomic E-state index is 5.76. The maximum absolute atomic E-state index is 5.76. The molecule has 6 rings (SSSR count). The number of aryl methyl sites for hydroxylation is 1. The molecule has 0 bridgehead atoms. The summed E-state index contributed by atoms with van der Waals surface area (Å²) in [7, 11) is 7.01. The first-order valence-corrected chi connectivity index (χ1v) is 13.8. The lowest BCUT2D eigenvalue weighted by molar-refractivity contribution is 0.120. The molecule has 1 aliphatic heterocycles. The number of hydrogen-bond acceptors (Lipinski definition) is 9. The van der Waals surface area contributed by atoms with Gasteiger partial charge in [0.15, 0.2) is 0 Å². The van der Waals surface area contributed by atoms with Gasteiger partial charge in [-0.3, -0.25) is 9.67 Å². The number of ether oxygens (including phenoxy) is 3. The molecule has 4 aromatic rings. The number of benzene rings is 1. The number of hydrogen-bond donors (Lipinski definition) is 0. The van der Waals surface area contributed by atoms with Gasteiger partial charge in [0.25, 0.3) is 0 Å². The van der Waals surface area contributed by atoms with Crippen LogP contribution in [0.3, 0.4) is 0 Å². The molecule has 2 aliphatic rings. The topological polar surface area (TPSA) is 90.7 Å². The molecular formula is C31H35N7O3. The summed E-state index contributed by atoms with van der Waals surface area (Å²) in [5, 5.41) is 5.40. The van der Waals surface area contributed by atoms with Crippen molar-refractivity contribution >= 4 is 22.5 Å². The van der Waals surface area contributed by atoms with Crippen LogP contribution < -0.4 is 14.5 Å². The third-order valence-corrected chi connectivity index (χ3v) is 7.80. The summed E-state index contributed by atoms with van der Waals surface area (Å²) in [6, 6.07) is 10.4. The highest BCUT2D eigenvalue weighted by Crippen LogP contribution is 2.33. The van der Waals surface area contributed by atoms with Gasteiger partial charge in [0.2, 0.25) is 11.8 Å². The number of methoxy groups -OCH3 is 3. The van der Waals surface area contributed by atoms with Crippen LogP contribution in [0.25, 0.3) is 22.0 Å². The molecule has 212 valence electrons. The Kier molecular flexibility index (Phi) is 7.56. The quantitative estimate of drug-likeness (QED) is 0.295. The standard InChI is InChI=1S/C31H35N7O3/c1-36-20-24(17-34-36)23-11-22-12-25(5-6-29(22)33-16-23)38(26-13-27(39-2)15-28(14-26)40-3)19-21-8-10-37(18-21)31-32-9-7-30(35-31)41-4/h5-7,9,11-14,16-17,20-21,27H,8,10,15,18-19H2,1-4H3. The van der Waals surface area contributed by atoms with Crippen molar-refractivity contribution in [2.24, 2.45) is 13.0 Å². The van der Waals surface area contributed by atoms with Crippen LogP contribution in [0, 0.1) is 5.92 Å². The molecule has 1 aliphatic carbocycles. The van der Waals surface area contributed by atoms with Crippen molar-refractivity contribution in [1.82, 2.24) is 24.7 Å². The lowest BCUT2D eigenvalue weighted by Crippen LogP contribution is -2.32. The minimum absolute atomic E-state index is 0.0583. The summed E-state index contributed by atoms with van der Waals surface area (Å²) < 4.78 is 18.6. The van der Waals surface area contributed by atoms with Crippen LogP contribution in [0.4, 0.5) is 11.6 Å². The summed E-state index contributed by atoms with van der Waals surface area (Å²) >= 11 is 0. The Morgan fingerprint density at radius 2 is 1.93 bits per heavy atom. The van der Waals surface area contributed by atoms with Crippen molar-refractivity contribution in [3.63, 3.8) is 0 Å². The van der Waals surface area contributed by atoms with Gasteiger partial charge < -0.3 is 24.0 Å². The first-order chi connectivity index (χ1) is 20.0. The first kappa shape index (κ1) is 26.8. The van der Waals surface area contributed by atoms with Gasteiger partial charge in [0.1, 0.15) is 5.76 Å². The molecular weight excluding hydrogens is 518 g/mol. The van der Waals surface area contributed by atoms with E-state index in [9.17, 15) is 0 Å². The molecule has 0 amide bonds. The highest BCUT2D eigenvalue weighted by Gasteiger charge is 2.29. The van der Waals surface area contributed by atoms with Crippen LogP contribution in [-0.4, -0.2) is 71.8 Å². The van der Waals surface area contributed by atoms with E-state index in [1.165, 1.54) is 0 Å². The van der Waals surface area contributed by atoms with Gasteiger partial charge in [-0.25, -0.2) is 4.98 Å². The van der Waals surface area contributed by atoms with Crippen molar-refractivity contribution in [2.75, 3.05) is 50.8 Å². The molecule has 0 radical (unpaired) electrons. The van der Waals surface area contributed by atoms with Crippen molar-refractivity contribution < 1.29 is 14.2 Å². The Hall–Kier alpha value is -4.44. The number of aromatic nitrogens is 5. The molecule has 0 N–H and O–H groups in total. The van der Waals surface area contributed by atoms with Crippen molar-refractivity contribution in [2.45, 2.75) is 18.9 Å². The van der Waals surface area contributed by atoms with Crippen molar-refractivity contribution in [3.8, 4) is 17.0 Å². The van der Waals surface area contributed by atoms with E-state index in [1.54, 1.807) is 38.3 Å². The average molecular weight is 554 g/mol. The minimum atomic E-state index is -0.0583. The van der Waals surface area contributed by atoms with Crippen LogP contribution in [0.15, 0.2) is 78.7 Å². The third kappa shape index (κ3) is 5.74. The smallest absolute Gasteiger partial charge is 0.228 e. The number of anilines is 2. The molecule has 1 aromatic carbocycles. The fourth-order valence-electron chi connectivity index (χ4n) is 5.58. The monoisotopic (exact) mass is 553 g/mol. The van der Waals surface area contributed by atoms with Gasteiger partial charge in [-0.2, -0.15) is 10.1 Å². The fourth-order valence-corrected chi connectivity index (χ4v) is 5.58. The summed E-state index contributed by atoms with van der Waals surface area (Å²) in [6.45, 7) is 2.56. The van der Waals surface area contributed by atoms with Gasteiger partial charge in [-0.1, -0.05) is 0 Å². The molecule has 3 aromatic heterocycles. The molecule has 0 saturated carbocycles. The Balaban J connectivity index is 1.34. The summed E-state index contributed by atoms with van der Waals surface area (Å²) in [4.78, 5) is 18.4. The Bertz CT molecular complexity index is 1600. The molecule has 10 heteroatoms. The molecule has 1 saturated heterocycles. The van der Waals surface area contributed by atoms with Crippen LogP contribution in [0.5, 0.6) is 5.88 Å². The van der Waals surface area contributed by atoms with E-state index in [1.807, 2.05) is 25.6 Å². The zero-order chi connectivity index (χ0) is 28.3. The highest BCUT2D eigenvalue weighted by atomic mass is 16.5. The zero-order valence-electron chi connectivity index (χ0n) is 23.9. The van der Waals surface area contributed by atoms with Gasteiger partial charge in [-0.05, 0) is 48.8 Å². The summed E-state index contributed by atoms with van der Waals surface area (Å²) in [6.07, 6.45) is 13.5.